The van der Waals surface area contributed by atoms with Crippen LogP contribution < -0.4 is 0 Å². The van der Waals surface area contributed by atoms with Gasteiger partial charge >= 0.3 is 0 Å². The van der Waals surface area contributed by atoms with Gasteiger partial charge in [0.15, 0.2) is 0 Å². The molecule has 0 bridgehead atoms. The second kappa shape index (κ2) is 6.79. The molecule has 0 saturated carbocycles. The van der Waals surface area contributed by atoms with Crippen LogP contribution in [0.25, 0.3) is 33.7 Å². The Morgan fingerprint density at radius 3 is 1.78 bits per heavy atom. The predicted octanol–water partition coefficient (Wildman–Crippen LogP) is 6.22. The van der Waals surface area contributed by atoms with Crippen LogP contribution in [0.15, 0.2) is 66.7 Å². The van der Waals surface area contributed by atoms with Crippen molar-refractivity contribution in [2.24, 2.45) is 0 Å². The molecule has 0 amide bonds. The lowest BCUT2D eigenvalue weighted by molar-refractivity contribution is 1.46. The third-order valence-electron chi connectivity index (χ3n) is 4.82. The highest BCUT2D eigenvalue weighted by Gasteiger charge is 2.13. The predicted molar refractivity (Wildman–Crippen MR) is 111 cm³/mol. The van der Waals surface area contributed by atoms with Crippen molar-refractivity contribution in [2.75, 3.05) is 0 Å². The van der Waals surface area contributed by atoms with E-state index in [1.807, 2.05) is 48.5 Å². The summed E-state index contributed by atoms with van der Waals surface area (Å²) >= 11 is 0. The van der Waals surface area contributed by atoms with Crippen LogP contribution in [0.4, 0.5) is 0 Å². The molecule has 27 heavy (non-hydrogen) atoms. The van der Waals surface area contributed by atoms with Gasteiger partial charge in [-0.1, -0.05) is 78.4 Å². The van der Waals surface area contributed by atoms with Crippen LogP contribution in [-0.2, 0) is 0 Å². The summed E-state index contributed by atoms with van der Waals surface area (Å²) in [4.78, 5) is 0. The van der Waals surface area contributed by atoms with Gasteiger partial charge in [0.1, 0.15) is 12.1 Å². The SMILES string of the molecule is Cc1ccc(C=Cc2ccc3c(C#N)c4ccccc4c(C#N)c3c2)cc1. The lowest BCUT2D eigenvalue weighted by atomic mass is 9.91. The molecule has 0 aliphatic heterocycles. The zero-order valence-electron chi connectivity index (χ0n) is 14.9. The van der Waals surface area contributed by atoms with Crippen molar-refractivity contribution in [3.8, 4) is 12.1 Å². The highest BCUT2D eigenvalue weighted by atomic mass is 14.3. The van der Waals surface area contributed by atoms with E-state index in [-0.39, 0.29) is 0 Å². The zero-order chi connectivity index (χ0) is 18.8. The molecule has 2 heteroatoms. The molecule has 0 aliphatic carbocycles. The van der Waals surface area contributed by atoms with E-state index in [1.54, 1.807) is 0 Å². The fraction of sp³-hybridized carbons (Fsp3) is 0.0400. The number of nitrogens with zero attached hydrogens (tertiary/aromatic N) is 2. The molecule has 2 nitrogen and oxygen atoms in total. The van der Waals surface area contributed by atoms with Gasteiger partial charge in [-0.2, -0.15) is 10.5 Å². The Balaban J connectivity index is 1.92. The molecule has 126 valence electrons. The van der Waals surface area contributed by atoms with E-state index in [4.69, 9.17) is 0 Å². The molecule has 0 N–H and O–H groups in total. The van der Waals surface area contributed by atoms with Crippen LogP contribution in [-0.4, -0.2) is 0 Å². The number of benzene rings is 4. The topological polar surface area (TPSA) is 47.6 Å². The van der Waals surface area contributed by atoms with Gasteiger partial charge in [0, 0.05) is 21.5 Å². The Labute approximate surface area is 158 Å². The first-order valence-electron chi connectivity index (χ1n) is 8.74. The molecule has 0 heterocycles. The van der Waals surface area contributed by atoms with E-state index < -0.39 is 0 Å². The van der Waals surface area contributed by atoms with Gasteiger partial charge in [-0.15, -0.1) is 0 Å². The summed E-state index contributed by atoms with van der Waals surface area (Å²) in [6.07, 6.45) is 4.09. The van der Waals surface area contributed by atoms with Gasteiger partial charge in [-0.05, 0) is 24.1 Å². The normalized spacial score (nSPS) is 10.9. The minimum absolute atomic E-state index is 0.616. The summed E-state index contributed by atoms with van der Waals surface area (Å²) in [5.41, 5.74) is 4.59. The molecule has 0 unspecified atom stereocenters. The van der Waals surface area contributed by atoms with Crippen molar-refractivity contribution in [1.29, 1.82) is 10.5 Å². The smallest absolute Gasteiger partial charge is 0.100 e. The Hall–Kier alpha value is -3.88. The minimum Gasteiger partial charge on any atom is -0.192 e. The third-order valence-corrected chi connectivity index (χ3v) is 4.82. The standard InChI is InChI=1S/C25H16N2/c1-17-6-8-18(9-7-17)10-11-19-12-13-22-23(14-19)25(16-27)21-5-3-2-4-20(21)24(22)15-26/h2-14H,1H3. The number of rotatable bonds is 2. The Bertz CT molecular complexity index is 1280. The van der Waals surface area contributed by atoms with E-state index in [0.717, 1.165) is 32.7 Å². The van der Waals surface area contributed by atoms with Crippen molar-refractivity contribution < 1.29 is 0 Å². The molecule has 4 aromatic rings. The van der Waals surface area contributed by atoms with Crippen molar-refractivity contribution in [3.63, 3.8) is 0 Å². The lowest BCUT2D eigenvalue weighted by Crippen LogP contribution is -1.90. The summed E-state index contributed by atoms with van der Waals surface area (Å²) in [6.45, 7) is 2.07. The highest BCUT2D eigenvalue weighted by molar-refractivity contribution is 6.09. The Morgan fingerprint density at radius 1 is 0.630 bits per heavy atom. The van der Waals surface area contributed by atoms with Crippen LogP contribution in [0.2, 0.25) is 0 Å². The van der Waals surface area contributed by atoms with E-state index in [2.05, 4.69) is 49.4 Å². The van der Waals surface area contributed by atoms with Crippen LogP contribution in [0.1, 0.15) is 27.8 Å². The molecular formula is C25H16N2. The molecule has 0 saturated heterocycles. The molecule has 0 atom stereocenters. The molecule has 0 radical (unpaired) electrons. The molecule has 4 aromatic carbocycles. The van der Waals surface area contributed by atoms with Crippen molar-refractivity contribution >= 4 is 33.7 Å². The van der Waals surface area contributed by atoms with Crippen LogP contribution in [0, 0.1) is 29.6 Å². The number of nitriles is 2. The second-order valence-electron chi connectivity index (χ2n) is 6.57. The maximum atomic E-state index is 9.77. The van der Waals surface area contributed by atoms with E-state index in [9.17, 15) is 10.5 Å². The number of aryl methyl sites for hydroxylation is 1. The Kier molecular flexibility index (Phi) is 4.17. The summed E-state index contributed by atoms with van der Waals surface area (Å²) in [5.74, 6) is 0. The van der Waals surface area contributed by atoms with Gasteiger partial charge in [0.25, 0.3) is 0 Å². The molecule has 4 rings (SSSR count). The van der Waals surface area contributed by atoms with Gasteiger partial charge in [-0.25, -0.2) is 0 Å². The van der Waals surface area contributed by atoms with Crippen molar-refractivity contribution in [2.45, 2.75) is 6.92 Å². The van der Waals surface area contributed by atoms with Gasteiger partial charge in [0.2, 0.25) is 0 Å². The molecule has 0 spiro atoms. The summed E-state index contributed by atoms with van der Waals surface area (Å²) < 4.78 is 0. The third kappa shape index (κ3) is 2.95. The molecular weight excluding hydrogens is 328 g/mol. The van der Waals surface area contributed by atoms with Gasteiger partial charge in [-0.3, -0.25) is 0 Å². The number of hydrogen-bond acceptors (Lipinski definition) is 2. The Morgan fingerprint density at radius 2 is 1.15 bits per heavy atom. The maximum Gasteiger partial charge on any atom is 0.100 e. The summed E-state index contributed by atoms with van der Waals surface area (Å²) in [5, 5.41) is 22.8. The van der Waals surface area contributed by atoms with Gasteiger partial charge in [0.05, 0.1) is 11.1 Å². The van der Waals surface area contributed by atoms with Crippen LogP contribution in [0.5, 0.6) is 0 Å². The van der Waals surface area contributed by atoms with Crippen LogP contribution in [0.3, 0.4) is 0 Å². The maximum absolute atomic E-state index is 9.77. The van der Waals surface area contributed by atoms with Crippen LogP contribution >= 0.6 is 0 Å². The molecule has 0 aliphatic rings. The quantitative estimate of drug-likeness (QED) is 0.320. The fourth-order valence-corrected chi connectivity index (χ4v) is 3.41. The summed E-state index contributed by atoms with van der Waals surface area (Å²) in [7, 11) is 0. The fourth-order valence-electron chi connectivity index (χ4n) is 3.41. The first kappa shape index (κ1) is 16.6. The first-order chi connectivity index (χ1) is 13.2. The van der Waals surface area contributed by atoms with Gasteiger partial charge < -0.3 is 0 Å². The monoisotopic (exact) mass is 344 g/mol. The van der Waals surface area contributed by atoms with E-state index in [1.165, 1.54) is 5.56 Å². The van der Waals surface area contributed by atoms with E-state index in [0.29, 0.717) is 11.1 Å². The first-order valence-corrected chi connectivity index (χ1v) is 8.74. The average Bonchev–Trinajstić information content (AvgIpc) is 2.71. The largest absolute Gasteiger partial charge is 0.192 e. The van der Waals surface area contributed by atoms with Crippen molar-refractivity contribution in [1.82, 2.24) is 0 Å². The average molecular weight is 344 g/mol. The number of fused-ring (bicyclic) bond motifs is 2. The van der Waals surface area contributed by atoms with E-state index >= 15 is 0 Å². The van der Waals surface area contributed by atoms with Crippen molar-refractivity contribution in [3.05, 3.63) is 94.5 Å². The lowest BCUT2D eigenvalue weighted by Gasteiger charge is -2.09. The highest BCUT2D eigenvalue weighted by Crippen LogP contribution is 2.33. The summed E-state index contributed by atoms with van der Waals surface area (Å²) in [6, 6.07) is 26.5. The number of hydrogen-bond donors (Lipinski definition) is 0. The minimum atomic E-state index is 0.616. The zero-order valence-corrected chi connectivity index (χ0v) is 14.9. The molecule has 0 fully saturated rings. The molecule has 0 aromatic heterocycles. The second-order valence-corrected chi connectivity index (χ2v) is 6.57.